The first-order valence-electron chi connectivity index (χ1n) is 13.4. The van der Waals surface area contributed by atoms with Crippen LogP contribution in [0.3, 0.4) is 0 Å². The van der Waals surface area contributed by atoms with Gasteiger partial charge in [-0.1, -0.05) is 6.58 Å². The third-order valence-corrected chi connectivity index (χ3v) is 9.42. The summed E-state index contributed by atoms with van der Waals surface area (Å²) in [7, 11) is 0. The van der Waals surface area contributed by atoms with Crippen molar-refractivity contribution in [3.05, 3.63) is 12.3 Å². The van der Waals surface area contributed by atoms with Crippen LogP contribution < -0.4 is 0 Å². The molecule has 0 spiro atoms. The summed E-state index contributed by atoms with van der Waals surface area (Å²) in [6.45, 7) is 7.59. The Morgan fingerprint density at radius 2 is 1.25 bits per heavy atom. The number of amides is 1. The highest BCUT2D eigenvalue weighted by atomic mass is 16.3. The molecule has 0 radical (unpaired) electrons. The molecule has 5 heteroatoms. The first-order valence-corrected chi connectivity index (χ1v) is 13.4. The molecule has 5 rings (SSSR count). The second-order valence-electron chi connectivity index (χ2n) is 11.6. The number of Topliss-reactive ketones (excluding diaryl/α,β-unsaturated/α-hetero) is 1. The van der Waals surface area contributed by atoms with Crippen LogP contribution >= 0.6 is 0 Å². The van der Waals surface area contributed by atoms with Gasteiger partial charge in [0.25, 0.3) is 5.91 Å². The van der Waals surface area contributed by atoms with Gasteiger partial charge >= 0.3 is 0 Å². The van der Waals surface area contributed by atoms with E-state index in [2.05, 4.69) is 11.5 Å². The largest absolute Gasteiger partial charge is 0.380 e. The van der Waals surface area contributed by atoms with Gasteiger partial charge in [0, 0.05) is 44.2 Å². The first kappa shape index (κ1) is 22.4. The van der Waals surface area contributed by atoms with Gasteiger partial charge in [-0.3, -0.25) is 9.59 Å². The highest BCUT2D eigenvalue weighted by Crippen LogP contribution is 2.44. The van der Waals surface area contributed by atoms with Gasteiger partial charge in [0.05, 0.1) is 0 Å². The Morgan fingerprint density at radius 1 is 0.750 bits per heavy atom. The molecule has 32 heavy (non-hydrogen) atoms. The molecule has 0 bridgehead atoms. The summed E-state index contributed by atoms with van der Waals surface area (Å²) >= 11 is 0. The molecule has 1 aliphatic heterocycles. The summed E-state index contributed by atoms with van der Waals surface area (Å²) in [6, 6.07) is 0. The van der Waals surface area contributed by atoms with Gasteiger partial charge in [0.15, 0.2) is 0 Å². The molecule has 0 aromatic rings. The fourth-order valence-corrected chi connectivity index (χ4v) is 6.73. The number of carbonyl (C=O) groups is 2. The number of hydrogen-bond acceptors (Lipinski definition) is 4. The fraction of sp³-hybridized carbons (Fsp3) is 0.852. The fourth-order valence-electron chi connectivity index (χ4n) is 6.73. The maximum Gasteiger partial charge on any atom is 0.254 e. The van der Waals surface area contributed by atoms with Crippen molar-refractivity contribution in [2.45, 2.75) is 89.1 Å². The van der Waals surface area contributed by atoms with Crippen molar-refractivity contribution in [2.75, 3.05) is 26.2 Å². The molecule has 4 aliphatic carbocycles. The van der Waals surface area contributed by atoms with E-state index >= 15 is 0 Å². The lowest BCUT2D eigenvalue weighted by Crippen LogP contribution is -2.52. The molecule has 0 aromatic heterocycles. The molecule has 0 aromatic carbocycles. The number of nitrogens with zero attached hydrogens (tertiary/aromatic N) is 2. The molecular formula is C27H42N2O3. The predicted octanol–water partition coefficient (Wildman–Crippen LogP) is 4.15. The van der Waals surface area contributed by atoms with E-state index < -0.39 is 5.60 Å². The molecule has 178 valence electrons. The Balaban J connectivity index is 1.02. The summed E-state index contributed by atoms with van der Waals surface area (Å²) < 4.78 is 0. The Kier molecular flexibility index (Phi) is 6.39. The lowest BCUT2D eigenvalue weighted by molar-refractivity contribution is -0.144. The molecule has 1 heterocycles. The van der Waals surface area contributed by atoms with Crippen molar-refractivity contribution in [3.8, 4) is 0 Å². The SMILES string of the molecule is C=C(C1CCC(C2CCC(CC(=O)C3CC3)CC2)CC1)N1CCN(C(=O)C2(O)CC2)CC1. The smallest absolute Gasteiger partial charge is 0.254 e. The topological polar surface area (TPSA) is 60.9 Å². The van der Waals surface area contributed by atoms with Crippen LogP contribution in [-0.2, 0) is 9.59 Å². The number of piperazine rings is 1. The van der Waals surface area contributed by atoms with E-state index in [1.165, 1.54) is 57.1 Å². The van der Waals surface area contributed by atoms with Gasteiger partial charge in [0.1, 0.15) is 11.4 Å². The molecule has 0 unspecified atom stereocenters. The highest BCUT2D eigenvalue weighted by Gasteiger charge is 2.50. The normalized spacial score (nSPS) is 34.8. The molecule has 1 N–H and O–H groups in total. The third-order valence-electron chi connectivity index (χ3n) is 9.42. The number of rotatable bonds is 7. The van der Waals surface area contributed by atoms with Crippen molar-refractivity contribution in [1.29, 1.82) is 0 Å². The highest BCUT2D eigenvalue weighted by molar-refractivity contribution is 5.87. The minimum atomic E-state index is -1.04. The van der Waals surface area contributed by atoms with E-state index in [1.54, 1.807) is 0 Å². The summed E-state index contributed by atoms with van der Waals surface area (Å²) in [5.41, 5.74) is 0.242. The average Bonchev–Trinajstić information content (AvgIpc) is 3.76. The summed E-state index contributed by atoms with van der Waals surface area (Å²) in [6.07, 6.45) is 14.8. The van der Waals surface area contributed by atoms with Crippen LogP contribution in [0, 0.1) is 29.6 Å². The zero-order chi connectivity index (χ0) is 22.3. The second kappa shape index (κ2) is 9.12. The zero-order valence-electron chi connectivity index (χ0n) is 19.8. The number of aliphatic hydroxyl groups is 1. The average molecular weight is 443 g/mol. The predicted molar refractivity (Wildman–Crippen MR) is 125 cm³/mol. The van der Waals surface area contributed by atoms with E-state index in [4.69, 9.17) is 0 Å². The van der Waals surface area contributed by atoms with Crippen LogP contribution in [0.5, 0.6) is 0 Å². The monoisotopic (exact) mass is 442 g/mol. The van der Waals surface area contributed by atoms with Crippen LogP contribution in [0.25, 0.3) is 0 Å². The Morgan fingerprint density at radius 3 is 1.78 bits per heavy atom. The number of hydrogen-bond donors (Lipinski definition) is 1. The maximum atomic E-state index is 12.4. The molecule has 5 aliphatic rings. The van der Waals surface area contributed by atoms with Gasteiger partial charge in [-0.15, -0.1) is 0 Å². The Bertz CT molecular complexity index is 717. The van der Waals surface area contributed by atoms with Crippen molar-refractivity contribution < 1.29 is 14.7 Å². The standard InChI is InChI=1S/C27H42N2O3/c1-19(28-14-16-29(17-15-28)26(31)27(32)12-13-27)21-6-8-23(9-7-21)22-4-2-20(3-5-22)18-25(30)24-10-11-24/h20-24,32H,1-18H2. The number of ketones is 1. The molecule has 4 saturated carbocycles. The minimum Gasteiger partial charge on any atom is -0.380 e. The van der Waals surface area contributed by atoms with Crippen molar-refractivity contribution in [3.63, 3.8) is 0 Å². The lowest BCUT2D eigenvalue weighted by Gasteiger charge is -2.42. The van der Waals surface area contributed by atoms with Gasteiger partial charge in [-0.2, -0.15) is 0 Å². The van der Waals surface area contributed by atoms with Gasteiger partial charge < -0.3 is 14.9 Å². The van der Waals surface area contributed by atoms with E-state index in [0.29, 0.717) is 49.5 Å². The molecule has 1 amide bonds. The van der Waals surface area contributed by atoms with Gasteiger partial charge in [-0.25, -0.2) is 0 Å². The van der Waals surface area contributed by atoms with Crippen LogP contribution in [0.4, 0.5) is 0 Å². The van der Waals surface area contributed by atoms with Gasteiger partial charge in [0.2, 0.25) is 0 Å². The summed E-state index contributed by atoms with van der Waals surface area (Å²) in [4.78, 5) is 28.8. The summed E-state index contributed by atoms with van der Waals surface area (Å²) in [5.74, 6) is 3.93. The Labute approximate surface area is 193 Å². The molecule has 5 nitrogen and oxygen atoms in total. The van der Waals surface area contributed by atoms with Crippen molar-refractivity contribution in [2.24, 2.45) is 29.6 Å². The number of allylic oxidation sites excluding steroid dienone is 1. The first-order chi connectivity index (χ1) is 15.4. The molecule has 1 saturated heterocycles. The van der Waals surface area contributed by atoms with Crippen molar-refractivity contribution >= 4 is 11.7 Å². The zero-order valence-corrected chi connectivity index (χ0v) is 19.8. The van der Waals surface area contributed by atoms with E-state index in [1.807, 2.05) is 4.90 Å². The van der Waals surface area contributed by atoms with Crippen LogP contribution in [0.1, 0.15) is 83.5 Å². The van der Waals surface area contributed by atoms with E-state index in [-0.39, 0.29) is 5.91 Å². The lowest BCUT2D eigenvalue weighted by atomic mass is 9.68. The molecule has 0 atom stereocenters. The van der Waals surface area contributed by atoms with E-state index in [0.717, 1.165) is 44.2 Å². The Hall–Kier alpha value is -1.36. The third kappa shape index (κ3) is 4.93. The second-order valence-corrected chi connectivity index (χ2v) is 11.6. The molecular weight excluding hydrogens is 400 g/mol. The molecule has 5 fully saturated rings. The van der Waals surface area contributed by atoms with Crippen LogP contribution in [0.2, 0.25) is 0 Å². The quantitative estimate of drug-likeness (QED) is 0.643. The van der Waals surface area contributed by atoms with Crippen LogP contribution in [-0.4, -0.2) is 58.4 Å². The minimum absolute atomic E-state index is 0.0603. The van der Waals surface area contributed by atoms with E-state index in [9.17, 15) is 14.7 Å². The maximum absolute atomic E-state index is 12.4. The number of carbonyl (C=O) groups excluding carboxylic acids is 2. The van der Waals surface area contributed by atoms with Crippen LogP contribution in [0.15, 0.2) is 12.3 Å². The van der Waals surface area contributed by atoms with Crippen molar-refractivity contribution in [1.82, 2.24) is 9.80 Å². The van der Waals surface area contributed by atoms with Gasteiger partial charge in [-0.05, 0) is 101 Å². The summed E-state index contributed by atoms with van der Waals surface area (Å²) in [5, 5.41) is 10.1.